The minimum Gasteiger partial charge on any atom is -0.507 e. The molecule has 0 spiro atoms. The minimum atomic E-state index is -0.745. The number of nitrogens with zero attached hydrogens (tertiary/aromatic N) is 2. The number of likely N-dealkylation sites (N-methyl/N-ethyl adjacent to an activating group) is 1. The lowest BCUT2D eigenvalue weighted by atomic mass is 9.95. The number of ketones is 1. The van der Waals surface area contributed by atoms with Crippen LogP contribution in [0.5, 0.6) is 5.75 Å². The molecular weight excluding hydrogens is 423 g/mol. The third kappa shape index (κ3) is 5.42. The second-order valence-electron chi connectivity index (χ2n) is 7.94. The number of aliphatic hydroxyl groups is 1. The van der Waals surface area contributed by atoms with E-state index in [1.807, 2.05) is 32.9 Å². The third-order valence-corrected chi connectivity index (χ3v) is 5.88. The summed E-state index contributed by atoms with van der Waals surface area (Å²) in [6, 6.07) is 11.7. The SMILES string of the molecule is CCCOc1ccc(C2/C(=C(\O)c3ccc(F)cc3)C(=O)C(=O)N2CCN(CC)CC)cc1. The fourth-order valence-corrected chi connectivity index (χ4v) is 3.98. The molecule has 1 fully saturated rings. The van der Waals surface area contributed by atoms with Crippen LogP contribution in [-0.2, 0) is 9.59 Å². The number of amides is 1. The minimum absolute atomic E-state index is 0.00776. The first-order valence-electron chi connectivity index (χ1n) is 11.4. The number of hydrogen-bond acceptors (Lipinski definition) is 5. The summed E-state index contributed by atoms with van der Waals surface area (Å²) in [6.07, 6.45) is 0.880. The molecule has 0 saturated carbocycles. The monoisotopic (exact) mass is 454 g/mol. The molecule has 7 heteroatoms. The predicted octanol–water partition coefficient (Wildman–Crippen LogP) is 4.38. The highest BCUT2D eigenvalue weighted by Gasteiger charge is 2.45. The average molecular weight is 455 g/mol. The van der Waals surface area contributed by atoms with Gasteiger partial charge in [-0.2, -0.15) is 0 Å². The molecule has 2 aromatic carbocycles. The zero-order valence-corrected chi connectivity index (χ0v) is 19.4. The normalized spacial score (nSPS) is 17.7. The first-order chi connectivity index (χ1) is 15.9. The van der Waals surface area contributed by atoms with Crippen molar-refractivity contribution in [1.82, 2.24) is 9.80 Å². The molecule has 6 nitrogen and oxygen atoms in total. The van der Waals surface area contributed by atoms with Gasteiger partial charge in [-0.15, -0.1) is 0 Å². The average Bonchev–Trinajstić information content (AvgIpc) is 3.08. The Bertz CT molecular complexity index is 998. The van der Waals surface area contributed by atoms with Crippen LogP contribution in [0.1, 0.15) is 44.4 Å². The molecule has 3 rings (SSSR count). The Morgan fingerprint density at radius 2 is 1.67 bits per heavy atom. The lowest BCUT2D eigenvalue weighted by molar-refractivity contribution is -0.140. The van der Waals surface area contributed by atoms with E-state index in [1.54, 1.807) is 12.1 Å². The molecule has 1 N–H and O–H groups in total. The smallest absolute Gasteiger partial charge is 0.295 e. The number of rotatable bonds is 10. The highest BCUT2D eigenvalue weighted by atomic mass is 19.1. The Balaban J connectivity index is 2.04. The van der Waals surface area contributed by atoms with Gasteiger partial charge in [0.1, 0.15) is 17.3 Å². The highest BCUT2D eigenvalue weighted by molar-refractivity contribution is 6.46. The van der Waals surface area contributed by atoms with Gasteiger partial charge in [-0.05, 0) is 61.5 Å². The van der Waals surface area contributed by atoms with Gasteiger partial charge in [0.05, 0.1) is 18.2 Å². The quantitative estimate of drug-likeness (QED) is 0.328. The van der Waals surface area contributed by atoms with Crippen molar-refractivity contribution in [2.75, 3.05) is 32.8 Å². The van der Waals surface area contributed by atoms with Crippen LogP contribution in [-0.4, -0.2) is 59.4 Å². The number of aliphatic hydroxyl groups excluding tert-OH is 1. The Morgan fingerprint density at radius 1 is 1.03 bits per heavy atom. The van der Waals surface area contributed by atoms with E-state index < -0.39 is 23.5 Å². The highest BCUT2D eigenvalue weighted by Crippen LogP contribution is 2.39. The third-order valence-electron chi connectivity index (χ3n) is 5.88. The Labute approximate surface area is 194 Å². The van der Waals surface area contributed by atoms with E-state index in [4.69, 9.17) is 4.74 Å². The van der Waals surface area contributed by atoms with Crippen molar-refractivity contribution >= 4 is 17.4 Å². The molecule has 1 atom stereocenters. The maximum Gasteiger partial charge on any atom is 0.295 e. The molecule has 0 aromatic heterocycles. The maximum atomic E-state index is 13.4. The van der Waals surface area contributed by atoms with E-state index in [0.29, 0.717) is 31.0 Å². The molecule has 0 aliphatic carbocycles. The van der Waals surface area contributed by atoms with Gasteiger partial charge in [-0.1, -0.05) is 32.9 Å². The van der Waals surface area contributed by atoms with Gasteiger partial charge in [-0.25, -0.2) is 4.39 Å². The van der Waals surface area contributed by atoms with Crippen molar-refractivity contribution in [1.29, 1.82) is 0 Å². The molecule has 0 bridgehead atoms. The van der Waals surface area contributed by atoms with Crippen molar-refractivity contribution in [2.45, 2.75) is 33.2 Å². The Morgan fingerprint density at radius 3 is 2.24 bits per heavy atom. The fourth-order valence-electron chi connectivity index (χ4n) is 3.98. The molecule has 176 valence electrons. The van der Waals surface area contributed by atoms with Gasteiger partial charge in [-0.3, -0.25) is 9.59 Å². The summed E-state index contributed by atoms with van der Waals surface area (Å²) in [7, 11) is 0. The standard InChI is InChI=1S/C26H31FN2O4/c1-4-17-33-21-13-9-18(10-14-21)23-22(24(30)19-7-11-20(27)12-8-19)25(31)26(32)29(23)16-15-28(5-2)6-3/h7-14,23,30H,4-6,15-17H2,1-3H3/b24-22+. The summed E-state index contributed by atoms with van der Waals surface area (Å²) in [4.78, 5) is 29.7. The van der Waals surface area contributed by atoms with Gasteiger partial charge < -0.3 is 19.6 Å². The predicted molar refractivity (Wildman–Crippen MR) is 125 cm³/mol. The van der Waals surface area contributed by atoms with Gasteiger partial charge >= 0.3 is 0 Å². The summed E-state index contributed by atoms with van der Waals surface area (Å²) in [5.41, 5.74) is 0.987. The summed E-state index contributed by atoms with van der Waals surface area (Å²) in [5, 5.41) is 11.0. The second-order valence-corrected chi connectivity index (χ2v) is 7.94. The van der Waals surface area contributed by atoms with Crippen LogP contribution in [0.15, 0.2) is 54.1 Å². The van der Waals surface area contributed by atoms with Gasteiger partial charge in [0.15, 0.2) is 0 Å². The number of Topliss-reactive ketones (excluding diaryl/α,β-unsaturated/α-hetero) is 1. The molecule has 1 aliphatic heterocycles. The molecule has 1 aliphatic rings. The maximum absolute atomic E-state index is 13.4. The number of halogens is 1. The summed E-state index contributed by atoms with van der Waals surface area (Å²) in [5.74, 6) is -1.46. The largest absolute Gasteiger partial charge is 0.507 e. The van der Waals surface area contributed by atoms with Crippen LogP contribution in [0, 0.1) is 5.82 Å². The van der Waals surface area contributed by atoms with Crippen LogP contribution in [0.2, 0.25) is 0 Å². The molecule has 2 aromatic rings. The van der Waals surface area contributed by atoms with Gasteiger partial charge in [0.2, 0.25) is 0 Å². The van der Waals surface area contributed by atoms with Crippen molar-refractivity contribution in [3.05, 3.63) is 71.0 Å². The summed E-state index contributed by atoms with van der Waals surface area (Å²) >= 11 is 0. The Hall–Kier alpha value is -3.19. The van der Waals surface area contributed by atoms with E-state index in [0.717, 1.165) is 19.5 Å². The molecular formula is C26H31FN2O4. The van der Waals surface area contributed by atoms with Crippen molar-refractivity contribution in [3.63, 3.8) is 0 Å². The van der Waals surface area contributed by atoms with Crippen LogP contribution in [0.3, 0.4) is 0 Å². The van der Waals surface area contributed by atoms with Crippen LogP contribution >= 0.6 is 0 Å². The zero-order valence-electron chi connectivity index (χ0n) is 19.4. The number of hydrogen-bond donors (Lipinski definition) is 1. The number of benzene rings is 2. The molecule has 1 heterocycles. The number of ether oxygens (including phenoxy) is 1. The van der Waals surface area contributed by atoms with E-state index >= 15 is 0 Å². The number of likely N-dealkylation sites (tertiary alicyclic amines) is 1. The van der Waals surface area contributed by atoms with Crippen molar-refractivity contribution in [2.24, 2.45) is 0 Å². The number of carbonyl (C=O) groups excluding carboxylic acids is 2. The van der Waals surface area contributed by atoms with E-state index in [-0.39, 0.29) is 16.9 Å². The lowest BCUT2D eigenvalue weighted by Gasteiger charge is -2.28. The summed E-state index contributed by atoms with van der Waals surface area (Å²) in [6.45, 7) is 9.28. The number of carbonyl (C=O) groups is 2. The molecule has 1 amide bonds. The Kier molecular flexibility index (Phi) is 8.22. The van der Waals surface area contributed by atoms with Crippen LogP contribution < -0.4 is 4.74 Å². The fraction of sp³-hybridized carbons (Fsp3) is 0.385. The van der Waals surface area contributed by atoms with Crippen molar-refractivity contribution in [3.8, 4) is 5.75 Å². The lowest BCUT2D eigenvalue weighted by Crippen LogP contribution is -2.38. The zero-order chi connectivity index (χ0) is 24.0. The van der Waals surface area contributed by atoms with Gasteiger partial charge in [0, 0.05) is 18.7 Å². The van der Waals surface area contributed by atoms with E-state index in [2.05, 4.69) is 4.90 Å². The first kappa shape index (κ1) is 24.5. The first-order valence-corrected chi connectivity index (χ1v) is 11.4. The molecule has 1 unspecified atom stereocenters. The van der Waals surface area contributed by atoms with E-state index in [1.165, 1.54) is 29.2 Å². The topological polar surface area (TPSA) is 70.1 Å². The van der Waals surface area contributed by atoms with Crippen LogP contribution in [0.4, 0.5) is 4.39 Å². The van der Waals surface area contributed by atoms with Gasteiger partial charge in [0.25, 0.3) is 11.7 Å². The van der Waals surface area contributed by atoms with E-state index in [9.17, 15) is 19.1 Å². The van der Waals surface area contributed by atoms with Crippen LogP contribution in [0.25, 0.3) is 5.76 Å². The molecule has 1 saturated heterocycles. The molecule has 0 radical (unpaired) electrons. The molecule has 33 heavy (non-hydrogen) atoms. The van der Waals surface area contributed by atoms with Crippen molar-refractivity contribution < 1.29 is 23.8 Å². The summed E-state index contributed by atoms with van der Waals surface area (Å²) < 4.78 is 19.0. The second kappa shape index (κ2) is 11.1.